The molecule has 0 bridgehead atoms. The maximum Gasteiger partial charge on any atom is 0.185 e. The zero-order chi connectivity index (χ0) is 12.4. The van der Waals surface area contributed by atoms with Crippen molar-refractivity contribution < 1.29 is 9.21 Å². The maximum atomic E-state index is 10.6. The largest absolute Gasteiger partial charge is 0.453 e. The molecule has 0 fully saturated rings. The Morgan fingerprint density at radius 2 is 1.94 bits per heavy atom. The summed E-state index contributed by atoms with van der Waals surface area (Å²) in [6, 6.07) is 9.68. The van der Waals surface area contributed by atoms with Crippen LogP contribution in [0.1, 0.15) is 16.1 Å². The number of benzene rings is 1. The third-order valence-corrected chi connectivity index (χ3v) is 2.64. The lowest BCUT2D eigenvalue weighted by molar-refractivity contribution is 0.110. The molecule has 0 aliphatic carbocycles. The predicted octanol–water partition coefficient (Wildman–Crippen LogP) is 3.13. The first-order valence-electron chi connectivity index (χ1n) is 5.45. The van der Waals surface area contributed by atoms with Gasteiger partial charge in [-0.1, -0.05) is 11.6 Å². The molecule has 1 heterocycles. The zero-order valence-corrected chi connectivity index (χ0v) is 10.2. The molecular formula is C14H15NO2. The first kappa shape index (κ1) is 11.5. The molecule has 88 valence electrons. The molecule has 1 aromatic heterocycles. The summed E-state index contributed by atoms with van der Waals surface area (Å²) in [7, 11) is 3.97. The number of carbonyl (C=O) groups excluding carboxylic acids is 1. The molecule has 0 saturated heterocycles. The third kappa shape index (κ3) is 2.23. The summed E-state index contributed by atoms with van der Waals surface area (Å²) in [6.45, 7) is 2.03. The Morgan fingerprint density at radius 3 is 2.53 bits per heavy atom. The van der Waals surface area contributed by atoms with E-state index in [-0.39, 0.29) is 0 Å². The van der Waals surface area contributed by atoms with E-state index in [1.807, 2.05) is 38.1 Å². The van der Waals surface area contributed by atoms with Crippen LogP contribution in [0.4, 0.5) is 5.69 Å². The van der Waals surface area contributed by atoms with Crippen molar-refractivity contribution in [3.05, 3.63) is 41.7 Å². The third-order valence-electron chi connectivity index (χ3n) is 2.64. The fourth-order valence-electron chi connectivity index (χ4n) is 1.80. The van der Waals surface area contributed by atoms with Crippen LogP contribution >= 0.6 is 0 Å². The van der Waals surface area contributed by atoms with Gasteiger partial charge in [0.1, 0.15) is 5.76 Å². The van der Waals surface area contributed by atoms with Crippen LogP contribution in [-0.4, -0.2) is 20.4 Å². The van der Waals surface area contributed by atoms with Gasteiger partial charge in [-0.15, -0.1) is 0 Å². The Balaban J connectivity index is 2.56. The van der Waals surface area contributed by atoms with E-state index in [1.165, 1.54) is 0 Å². The predicted molar refractivity (Wildman–Crippen MR) is 68.6 cm³/mol. The van der Waals surface area contributed by atoms with E-state index in [2.05, 4.69) is 12.1 Å². The maximum absolute atomic E-state index is 10.6. The Morgan fingerprint density at radius 1 is 1.18 bits per heavy atom. The molecule has 1 aromatic carbocycles. The number of anilines is 1. The van der Waals surface area contributed by atoms with E-state index >= 15 is 0 Å². The molecule has 3 nitrogen and oxygen atoms in total. The number of aryl methyl sites for hydroxylation is 1. The summed E-state index contributed by atoms with van der Waals surface area (Å²) >= 11 is 0. The van der Waals surface area contributed by atoms with Crippen LogP contribution in [0.25, 0.3) is 11.3 Å². The lowest BCUT2D eigenvalue weighted by atomic mass is 10.1. The van der Waals surface area contributed by atoms with Gasteiger partial charge in [-0.2, -0.15) is 0 Å². The van der Waals surface area contributed by atoms with E-state index in [0.717, 1.165) is 22.6 Å². The highest BCUT2D eigenvalue weighted by Gasteiger charge is 2.11. The molecule has 0 amide bonds. The summed E-state index contributed by atoms with van der Waals surface area (Å²) < 4.78 is 5.47. The number of rotatable bonds is 3. The highest BCUT2D eigenvalue weighted by Crippen LogP contribution is 2.31. The van der Waals surface area contributed by atoms with Gasteiger partial charge in [-0.05, 0) is 31.2 Å². The monoisotopic (exact) mass is 229 g/mol. The second-order valence-electron chi connectivity index (χ2n) is 4.23. The van der Waals surface area contributed by atoms with Crippen molar-refractivity contribution in [3.8, 4) is 11.3 Å². The van der Waals surface area contributed by atoms with Gasteiger partial charge >= 0.3 is 0 Å². The molecule has 2 rings (SSSR count). The van der Waals surface area contributed by atoms with Crippen LogP contribution < -0.4 is 4.90 Å². The normalized spacial score (nSPS) is 10.3. The average molecular weight is 229 g/mol. The summed E-state index contributed by atoms with van der Waals surface area (Å²) in [5.41, 5.74) is 3.24. The van der Waals surface area contributed by atoms with Crippen LogP contribution in [0.3, 0.4) is 0 Å². The first-order valence-corrected chi connectivity index (χ1v) is 5.45. The van der Waals surface area contributed by atoms with E-state index in [1.54, 1.807) is 6.07 Å². The fraction of sp³-hybridized carbons (Fsp3) is 0.214. The molecular weight excluding hydrogens is 214 g/mol. The molecule has 3 heteroatoms. The molecule has 0 aliphatic heterocycles. The molecule has 0 unspecified atom stereocenters. The Labute approximate surface area is 101 Å². The van der Waals surface area contributed by atoms with Crippen LogP contribution in [0, 0.1) is 6.92 Å². The quantitative estimate of drug-likeness (QED) is 0.758. The Hall–Kier alpha value is -2.03. The number of hydrogen-bond donors (Lipinski definition) is 0. The van der Waals surface area contributed by atoms with Crippen molar-refractivity contribution >= 4 is 12.0 Å². The minimum Gasteiger partial charge on any atom is -0.453 e. The zero-order valence-electron chi connectivity index (χ0n) is 10.2. The van der Waals surface area contributed by atoms with Crippen molar-refractivity contribution in [2.24, 2.45) is 0 Å². The second kappa shape index (κ2) is 4.45. The molecule has 0 atom stereocenters. The number of aldehydes is 1. The smallest absolute Gasteiger partial charge is 0.185 e. The number of hydrogen-bond acceptors (Lipinski definition) is 3. The van der Waals surface area contributed by atoms with Crippen molar-refractivity contribution in [3.63, 3.8) is 0 Å². The van der Waals surface area contributed by atoms with E-state index in [9.17, 15) is 4.79 Å². The van der Waals surface area contributed by atoms with Gasteiger partial charge in [0.15, 0.2) is 12.0 Å². The van der Waals surface area contributed by atoms with Gasteiger partial charge in [0, 0.05) is 25.3 Å². The molecule has 0 saturated carbocycles. The van der Waals surface area contributed by atoms with Crippen molar-refractivity contribution in [2.75, 3.05) is 19.0 Å². The molecule has 17 heavy (non-hydrogen) atoms. The highest BCUT2D eigenvalue weighted by molar-refractivity contribution is 5.78. The Bertz CT molecular complexity index is 541. The summed E-state index contributed by atoms with van der Waals surface area (Å²) in [5, 5.41) is 0. The van der Waals surface area contributed by atoms with Crippen LogP contribution in [0.5, 0.6) is 0 Å². The summed E-state index contributed by atoms with van der Waals surface area (Å²) in [5.74, 6) is 1.07. The SMILES string of the molecule is Cc1ccc(N(C)C)c(-c2ccc(C=O)o2)c1. The van der Waals surface area contributed by atoms with Gasteiger partial charge in [-0.3, -0.25) is 4.79 Å². The lowest BCUT2D eigenvalue weighted by Gasteiger charge is -2.16. The van der Waals surface area contributed by atoms with Crippen LogP contribution in [0.2, 0.25) is 0 Å². The molecule has 0 N–H and O–H groups in total. The van der Waals surface area contributed by atoms with Crippen LogP contribution in [-0.2, 0) is 0 Å². The van der Waals surface area contributed by atoms with Gasteiger partial charge in [0.2, 0.25) is 0 Å². The number of nitrogens with zero attached hydrogens (tertiary/aromatic N) is 1. The topological polar surface area (TPSA) is 33.5 Å². The van der Waals surface area contributed by atoms with E-state index < -0.39 is 0 Å². The highest BCUT2D eigenvalue weighted by atomic mass is 16.3. The first-order chi connectivity index (χ1) is 8.11. The fourth-order valence-corrected chi connectivity index (χ4v) is 1.80. The van der Waals surface area contributed by atoms with Crippen molar-refractivity contribution in [1.29, 1.82) is 0 Å². The van der Waals surface area contributed by atoms with Gasteiger partial charge < -0.3 is 9.32 Å². The van der Waals surface area contributed by atoms with Gasteiger partial charge in [-0.25, -0.2) is 0 Å². The second-order valence-corrected chi connectivity index (χ2v) is 4.23. The number of carbonyl (C=O) groups is 1. The minimum atomic E-state index is 0.353. The minimum absolute atomic E-state index is 0.353. The average Bonchev–Trinajstić information content (AvgIpc) is 2.76. The van der Waals surface area contributed by atoms with E-state index in [0.29, 0.717) is 12.0 Å². The van der Waals surface area contributed by atoms with Crippen molar-refractivity contribution in [1.82, 2.24) is 0 Å². The van der Waals surface area contributed by atoms with Crippen molar-refractivity contribution in [2.45, 2.75) is 6.92 Å². The lowest BCUT2D eigenvalue weighted by Crippen LogP contribution is -2.09. The molecule has 0 spiro atoms. The molecule has 0 radical (unpaired) electrons. The number of furan rings is 1. The standard InChI is InChI=1S/C14H15NO2/c1-10-4-6-13(15(2)3)12(8-10)14-7-5-11(9-16)17-14/h4-9H,1-3H3. The van der Waals surface area contributed by atoms with E-state index in [4.69, 9.17) is 4.42 Å². The summed E-state index contributed by atoms with van der Waals surface area (Å²) in [6.07, 6.45) is 0.717. The molecule has 2 aromatic rings. The van der Waals surface area contributed by atoms with Gasteiger partial charge in [0.05, 0.1) is 0 Å². The van der Waals surface area contributed by atoms with Gasteiger partial charge in [0.25, 0.3) is 0 Å². The molecule has 0 aliphatic rings. The Kier molecular flexibility index (Phi) is 3.00. The van der Waals surface area contributed by atoms with Crippen LogP contribution in [0.15, 0.2) is 34.7 Å². The summed E-state index contributed by atoms with van der Waals surface area (Å²) in [4.78, 5) is 12.7.